The zero-order valence-electron chi connectivity index (χ0n) is 18.1. The van der Waals surface area contributed by atoms with Crippen molar-refractivity contribution < 1.29 is 22.6 Å². The van der Waals surface area contributed by atoms with Gasteiger partial charge in [0.25, 0.3) is 0 Å². The fourth-order valence-electron chi connectivity index (χ4n) is 3.36. The maximum Gasteiger partial charge on any atom is 0.227 e. The fourth-order valence-corrected chi connectivity index (χ4v) is 3.36. The third kappa shape index (κ3) is 5.31. The quantitative estimate of drug-likeness (QED) is 0.520. The van der Waals surface area contributed by atoms with Crippen LogP contribution in [-0.2, 0) is 16.5 Å². The van der Waals surface area contributed by atoms with E-state index in [1.165, 1.54) is 7.11 Å². The number of ether oxygens (including phenoxy) is 2. The Morgan fingerprint density at radius 3 is 2.64 bits per heavy atom. The first kappa shape index (κ1) is 22.7. The van der Waals surface area contributed by atoms with Gasteiger partial charge < -0.3 is 29.6 Å². The number of anilines is 4. The summed E-state index contributed by atoms with van der Waals surface area (Å²) in [5.74, 6) is -2.00. The number of aryl methyl sites for hydroxylation is 1. The summed E-state index contributed by atoms with van der Waals surface area (Å²) in [4.78, 5) is 18.3. The molecule has 0 saturated carbocycles. The Kier molecular flexibility index (Phi) is 6.89. The Balaban J connectivity index is 1.71. The first-order valence-corrected chi connectivity index (χ1v) is 10.2. The summed E-state index contributed by atoms with van der Waals surface area (Å²) in [6.45, 7) is 1.70. The second-order valence-corrected chi connectivity index (χ2v) is 7.36. The van der Waals surface area contributed by atoms with E-state index in [1.54, 1.807) is 29.0 Å². The number of rotatable bonds is 8. The van der Waals surface area contributed by atoms with Crippen LogP contribution in [0, 0.1) is 17.5 Å². The molecule has 0 radical (unpaired) electrons. The summed E-state index contributed by atoms with van der Waals surface area (Å²) < 4.78 is 55.3. The van der Waals surface area contributed by atoms with Crippen LogP contribution in [0.1, 0.15) is 11.7 Å². The van der Waals surface area contributed by atoms with E-state index in [1.807, 2.05) is 0 Å². The molecule has 1 aliphatic rings. The number of imidazole rings is 1. The second-order valence-electron chi connectivity index (χ2n) is 7.36. The Morgan fingerprint density at radius 1 is 1.18 bits per heavy atom. The van der Waals surface area contributed by atoms with Gasteiger partial charge in [0.05, 0.1) is 38.4 Å². The third-order valence-corrected chi connectivity index (χ3v) is 4.90. The lowest BCUT2D eigenvalue weighted by atomic mass is 10.2. The smallest absolute Gasteiger partial charge is 0.227 e. The molecule has 176 valence electrons. The van der Waals surface area contributed by atoms with Gasteiger partial charge in [0, 0.05) is 39.5 Å². The molecule has 0 bridgehead atoms. The molecule has 4 heterocycles. The number of hydrogen-bond acceptors (Lipinski definition) is 9. The van der Waals surface area contributed by atoms with Gasteiger partial charge in [-0.1, -0.05) is 0 Å². The molecule has 13 heteroatoms. The predicted octanol–water partition coefficient (Wildman–Crippen LogP) is 2.40. The summed E-state index contributed by atoms with van der Waals surface area (Å²) in [5.41, 5.74) is -0.0849. The van der Waals surface area contributed by atoms with Crippen molar-refractivity contribution in [2.45, 2.75) is 6.04 Å². The molecule has 1 saturated heterocycles. The van der Waals surface area contributed by atoms with Crippen LogP contribution < -0.4 is 15.5 Å². The average molecular weight is 464 g/mol. The Bertz CT molecular complexity index is 1110. The summed E-state index contributed by atoms with van der Waals surface area (Å²) in [5, 5.41) is 5.78. The molecule has 0 amide bonds. The van der Waals surface area contributed by atoms with Gasteiger partial charge in [0.2, 0.25) is 11.8 Å². The van der Waals surface area contributed by atoms with Crippen molar-refractivity contribution in [1.29, 1.82) is 0 Å². The van der Waals surface area contributed by atoms with Gasteiger partial charge in [-0.3, -0.25) is 4.98 Å². The van der Waals surface area contributed by atoms with E-state index in [0.717, 1.165) is 12.3 Å². The molecule has 0 unspecified atom stereocenters. The fraction of sp³-hybridized carbons (Fsp3) is 0.400. The van der Waals surface area contributed by atoms with E-state index in [2.05, 4.69) is 30.6 Å². The lowest BCUT2D eigenvalue weighted by molar-refractivity contribution is 0.122. The van der Waals surface area contributed by atoms with Crippen LogP contribution in [0.4, 0.5) is 36.6 Å². The molecule has 4 rings (SSSR count). The molecular formula is C20H23F3N8O2. The largest absolute Gasteiger partial charge is 0.382 e. The lowest BCUT2D eigenvalue weighted by Crippen LogP contribution is -2.37. The van der Waals surface area contributed by atoms with Crippen LogP contribution in [0.15, 0.2) is 24.8 Å². The van der Waals surface area contributed by atoms with Crippen molar-refractivity contribution in [2.75, 3.05) is 55.6 Å². The molecular weight excluding hydrogens is 441 g/mol. The Hall–Kier alpha value is -3.45. The van der Waals surface area contributed by atoms with Crippen molar-refractivity contribution in [2.24, 2.45) is 7.05 Å². The van der Waals surface area contributed by atoms with Crippen LogP contribution >= 0.6 is 0 Å². The maximum atomic E-state index is 15.4. The van der Waals surface area contributed by atoms with E-state index in [4.69, 9.17) is 9.47 Å². The van der Waals surface area contributed by atoms with E-state index in [0.29, 0.717) is 32.1 Å². The molecule has 0 aliphatic carbocycles. The molecule has 3 aromatic heterocycles. The number of pyridine rings is 1. The number of nitrogens with one attached hydrogen (secondary N) is 2. The highest BCUT2D eigenvalue weighted by Crippen LogP contribution is 2.29. The number of hydrogen-bond donors (Lipinski definition) is 2. The minimum Gasteiger partial charge on any atom is -0.382 e. The number of halogens is 3. The van der Waals surface area contributed by atoms with Gasteiger partial charge >= 0.3 is 0 Å². The van der Waals surface area contributed by atoms with Crippen LogP contribution in [0.25, 0.3) is 0 Å². The van der Waals surface area contributed by atoms with Crippen LogP contribution in [0.3, 0.4) is 0 Å². The second kappa shape index (κ2) is 10.0. The van der Waals surface area contributed by atoms with E-state index < -0.39 is 23.5 Å². The molecule has 0 spiro atoms. The Labute approximate surface area is 187 Å². The summed E-state index contributed by atoms with van der Waals surface area (Å²) >= 11 is 0. The van der Waals surface area contributed by atoms with Crippen molar-refractivity contribution in [3.05, 3.63) is 47.9 Å². The maximum absolute atomic E-state index is 15.4. The Morgan fingerprint density at radius 2 is 1.97 bits per heavy atom. The zero-order chi connectivity index (χ0) is 23.4. The highest BCUT2D eigenvalue weighted by atomic mass is 19.1. The van der Waals surface area contributed by atoms with Crippen LogP contribution in [0.5, 0.6) is 0 Å². The molecule has 1 aliphatic heterocycles. The average Bonchev–Trinajstić information content (AvgIpc) is 3.21. The van der Waals surface area contributed by atoms with E-state index in [9.17, 15) is 8.78 Å². The normalized spacial score (nSPS) is 14.9. The van der Waals surface area contributed by atoms with Crippen LogP contribution in [-0.4, -0.2) is 64.5 Å². The minimum atomic E-state index is -0.860. The summed E-state index contributed by atoms with van der Waals surface area (Å²) in [7, 11) is 3.20. The monoisotopic (exact) mass is 464 g/mol. The molecule has 1 atom stereocenters. The van der Waals surface area contributed by atoms with Crippen molar-refractivity contribution in [3.8, 4) is 0 Å². The van der Waals surface area contributed by atoms with Crippen molar-refractivity contribution >= 4 is 23.4 Å². The van der Waals surface area contributed by atoms with Gasteiger partial charge in [-0.25, -0.2) is 13.8 Å². The number of nitrogens with zero attached hydrogens (tertiary/aromatic N) is 6. The summed E-state index contributed by atoms with van der Waals surface area (Å²) in [6.07, 6.45) is 4.12. The SMILES string of the molecule is COC[C@H](Nc1nc(Nc2cn(C)cn2)c(F)c(N2CCOCC2)n1)c1ncc(F)cc1F. The van der Waals surface area contributed by atoms with Gasteiger partial charge in [-0.2, -0.15) is 14.4 Å². The highest BCUT2D eigenvalue weighted by Gasteiger charge is 2.25. The molecule has 0 aromatic carbocycles. The van der Waals surface area contributed by atoms with Crippen molar-refractivity contribution in [3.63, 3.8) is 0 Å². The molecule has 1 fully saturated rings. The summed E-state index contributed by atoms with van der Waals surface area (Å²) in [6, 6.07) is -0.132. The van der Waals surface area contributed by atoms with Gasteiger partial charge in [0.15, 0.2) is 11.6 Å². The van der Waals surface area contributed by atoms with E-state index in [-0.39, 0.29) is 29.9 Å². The lowest BCUT2D eigenvalue weighted by Gasteiger charge is -2.29. The third-order valence-electron chi connectivity index (χ3n) is 4.90. The van der Waals surface area contributed by atoms with Gasteiger partial charge in [-0.15, -0.1) is 0 Å². The van der Waals surface area contributed by atoms with Crippen LogP contribution in [0.2, 0.25) is 0 Å². The number of aromatic nitrogens is 5. The molecule has 3 aromatic rings. The topological polar surface area (TPSA) is 102 Å². The number of methoxy groups -OCH3 is 1. The highest BCUT2D eigenvalue weighted by molar-refractivity contribution is 5.61. The number of morpholine rings is 1. The van der Waals surface area contributed by atoms with Gasteiger partial charge in [0.1, 0.15) is 23.1 Å². The molecule has 10 nitrogen and oxygen atoms in total. The zero-order valence-corrected chi connectivity index (χ0v) is 18.1. The first-order chi connectivity index (χ1) is 15.9. The molecule has 2 N–H and O–H groups in total. The van der Waals surface area contributed by atoms with E-state index >= 15 is 4.39 Å². The predicted molar refractivity (Wildman–Crippen MR) is 114 cm³/mol. The molecule has 33 heavy (non-hydrogen) atoms. The van der Waals surface area contributed by atoms with Gasteiger partial charge in [-0.05, 0) is 0 Å². The minimum absolute atomic E-state index is 0.00361. The standard InChI is InChI=1S/C20H23F3N8O2/c1-30-9-15(25-11-30)27-18-16(23)19(31-3-5-33-6-4-31)29-20(28-18)26-14(10-32-2)17-13(22)7-12(21)8-24-17/h7-9,11,14H,3-6,10H2,1-2H3,(H2,26,27,28,29)/t14-/m0/s1. The first-order valence-electron chi connectivity index (χ1n) is 10.2. The van der Waals surface area contributed by atoms with Crippen molar-refractivity contribution in [1.82, 2.24) is 24.5 Å².